The summed E-state index contributed by atoms with van der Waals surface area (Å²) in [4.78, 5) is 0. The maximum absolute atomic E-state index is 3.65. The summed E-state index contributed by atoms with van der Waals surface area (Å²) in [7, 11) is 0. The molecule has 1 saturated heterocycles. The highest BCUT2D eigenvalue weighted by atomic mass is 15.1. The molecule has 0 aromatic rings. The summed E-state index contributed by atoms with van der Waals surface area (Å²) in [6.07, 6.45) is 0. The van der Waals surface area contributed by atoms with Crippen LogP contribution in [0, 0.1) is 10.8 Å². The van der Waals surface area contributed by atoms with E-state index in [1.54, 1.807) is 0 Å². The third kappa shape index (κ3) is 2.71. The summed E-state index contributed by atoms with van der Waals surface area (Å²) in [5.41, 5.74) is 0.650. The van der Waals surface area contributed by atoms with Gasteiger partial charge in [0.15, 0.2) is 0 Å². The lowest BCUT2D eigenvalue weighted by Crippen LogP contribution is -2.64. The van der Waals surface area contributed by atoms with Gasteiger partial charge in [-0.3, -0.25) is 0 Å². The Hall–Kier alpha value is -0.0800. The van der Waals surface area contributed by atoms with Crippen molar-refractivity contribution in [1.29, 1.82) is 0 Å². The monoisotopic (exact) mass is 198 g/mol. The fourth-order valence-corrected chi connectivity index (χ4v) is 2.30. The molecule has 1 aliphatic heterocycles. The predicted molar refractivity (Wildman–Crippen MR) is 62.5 cm³/mol. The van der Waals surface area contributed by atoms with Crippen molar-refractivity contribution in [3.05, 3.63) is 0 Å². The molecule has 2 heteroatoms. The Labute approximate surface area is 88.8 Å². The SMILES string of the molecule is CC(C)(C)C1NCCNC1C(C)(C)C. The van der Waals surface area contributed by atoms with Crippen LogP contribution in [0.5, 0.6) is 0 Å². The fraction of sp³-hybridized carbons (Fsp3) is 1.00. The Bertz CT molecular complexity index is 163. The van der Waals surface area contributed by atoms with Crippen molar-refractivity contribution in [3.63, 3.8) is 0 Å². The molecular weight excluding hydrogens is 172 g/mol. The third-order valence-corrected chi connectivity index (χ3v) is 3.05. The first kappa shape index (κ1) is 12.0. The van der Waals surface area contributed by atoms with E-state index in [9.17, 15) is 0 Å². The summed E-state index contributed by atoms with van der Waals surface area (Å²) in [5.74, 6) is 0. The Kier molecular flexibility index (Phi) is 3.27. The summed E-state index contributed by atoms with van der Waals surface area (Å²) >= 11 is 0. The molecule has 1 fully saturated rings. The normalized spacial score (nSPS) is 30.4. The smallest absolute Gasteiger partial charge is 0.0275 e. The molecule has 0 aromatic carbocycles. The molecule has 2 unspecified atom stereocenters. The van der Waals surface area contributed by atoms with Crippen LogP contribution in [0.15, 0.2) is 0 Å². The largest absolute Gasteiger partial charge is 0.311 e. The van der Waals surface area contributed by atoms with Crippen molar-refractivity contribution in [3.8, 4) is 0 Å². The van der Waals surface area contributed by atoms with Crippen LogP contribution in [0.1, 0.15) is 41.5 Å². The first-order chi connectivity index (χ1) is 6.23. The van der Waals surface area contributed by atoms with Gasteiger partial charge in [0.05, 0.1) is 0 Å². The van der Waals surface area contributed by atoms with Crippen LogP contribution in [0.25, 0.3) is 0 Å². The van der Waals surface area contributed by atoms with E-state index in [0.29, 0.717) is 22.9 Å². The van der Waals surface area contributed by atoms with Gasteiger partial charge >= 0.3 is 0 Å². The lowest BCUT2D eigenvalue weighted by atomic mass is 9.72. The predicted octanol–water partition coefficient (Wildman–Crippen LogP) is 2.01. The van der Waals surface area contributed by atoms with Crippen molar-refractivity contribution in [2.45, 2.75) is 53.6 Å². The molecule has 0 bridgehead atoms. The second-order valence-electron chi connectivity index (χ2n) is 6.60. The van der Waals surface area contributed by atoms with Gasteiger partial charge in [-0.1, -0.05) is 41.5 Å². The molecule has 1 rings (SSSR count). The standard InChI is InChI=1S/C12H26N2/c1-11(2,3)9-10(12(4,5)6)14-8-7-13-9/h9-10,13-14H,7-8H2,1-6H3. The van der Waals surface area contributed by atoms with Gasteiger partial charge in [-0.05, 0) is 10.8 Å². The Morgan fingerprint density at radius 2 is 1.00 bits per heavy atom. The van der Waals surface area contributed by atoms with Gasteiger partial charge in [-0.2, -0.15) is 0 Å². The lowest BCUT2D eigenvalue weighted by Gasteiger charge is -2.47. The van der Waals surface area contributed by atoms with E-state index in [-0.39, 0.29) is 0 Å². The van der Waals surface area contributed by atoms with Gasteiger partial charge in [-0.15, -0.1) is 0 Å². The highest BCUT2D eigenvalue weighted by Gasteiger charge is 2.39. The average Bonchev–Trinajstić information content (AvgIpc) is 2.01. The zero-order chi connectivity index (χ0) is 11.0. The first-order valence-electron chi connectivity index (χ1n) is 5.70. The summed E-state index contributed by atoms with van der Waals surface area (Å²) in [5, 5.41) is 7.31. The maximum Gasteiger partial charge on any atom is 0.0275 e. The van der Waals surface area contributed by atoms with E-state index in [2.05, 4.69) is 52.2 Å². The van der Waals surface area contributed by atoms with E-state index in [1.165, 1.54) is 0 Å². The molecule has 0 aliphatic carbocycles. The third-order valence-electron chi connectivity index (χ3n) is 3.05. The molecule has 84 valence electrons. The van der Waals surface area contributed by atoms with Gasteiger partial charge < -0.3 is 10.6 Å². The molecule has 2 atom stereocenters. The average molecular weight is 198 g/mol. The van der Waals surface area contributed by atoms with Crippen LogP contribution >= 0.6 is 0 Å². The highest BCUT2D eigenvalue weighted by molar-refractivity contribution is 4.99. The zero-order valence-electron chi connectivity index (χ0n) is 10.6. The van der Waals surface area contributed by atoms with Gasteiger partial charge in [-0.25, -0.2) is 0 Å². The second-order valence-corrected chi connectivity index (χ2v) is 6.60. The Balaban J connectivity index is 2.80. The van der Waals surface area contributed by atoms with Crippen molar-refractivity contribution in [2.75, 3.05) is 13.1 Å². The van der Waals surface area contributed by atoms with Crippen LogP contribution in [0.3, 0.4) is 0 Å². The van der Waals surface area contributed by atoms with E-state index >= 15 is 0 Å². The van der Waals surface area contributed by atoms with Gasteiger partial charge in [0, 0.05) is 25.2 Å². The van der Waals surface area contributed by atoms with Crippen molar-refractivity contribution in [2.24, 2.45) is 10.8 Å². The van der Waals surface area contributed by atoms with E-state index < -0.39 is 0 Å². The topological polar surface area (TPSA) is 24.1 Å². The van der Waals surface area contributed by atoms with Gasteiger partial charge in [0.1, 0.15) is 0 Å². The van der Waals surface area contributed by atoms with Crippen LogP contribution in [-0.2, 0) is 0 Å². The zero-order valence-corrected chi connectivity index (χ0v) is 10.6. The molecule has 1 heterocycles. The summed E-state index contributed by atoms with van der Waals surface area (Å²) in [6, 6.07) is 1.13. The number of rotatable bonds is 0. The molecule has 0 aromatic heterocycles. The molecule has 0 amide bonds. The molecule has 2 nitrogen and oxygen atoms in total. The lowest BCUT2D eigenvalue weighted by molar-refractivity contribution is 0.111. The number of hydrogen-bond donors (Lipinski definition) is 2. The number of piperazine rings is 1. The van der Waals surface area contributed by atoms with Crippen LogP contribution in [0.2, 0.25) is 0 Å². The molecule has 0 saturated carbocycles. The molecule has 0 spiro atoms. The summed E-state index contributed by atoms with van der Waals surface area (Å²) < 4.78 is 0. The van der Waals surface area contributed by atoms with Crippen LogP contribution in [0.4, 0.5) is 0 Å². The van der Waals surface area contributed by atoms with Gasteiger partial charge in [0.2, 0.25) is 0 Å². The van der Waals surface area contributed by atoms with Crippen molar-refractivity contribution in [1.82, 2.24) is 10.6 Å². The second kappa shape index (κ2) is 3.82. The van der Waals surface area contributed by atoms with Crippen molar-refractivity contribution >= 4 is 0 Å². The Morgan fingerprint density at radius 1 is 0.714 bits per heavy atom. The minimum absolute atomic E-state index is 0.325. The van der Waals surface area contributed by atoms with E-state index in [4.69, 9.17) is 0 Å². The molecule has 14 heavy (non-hydrogen) atoms. The molecular formula is C12H26N2. The van der Waals surface area contributed by atoms with Crippen molar-refractivity contribution < 1.29 is 0 Å². The quantitative estimate of drug-likeness (QED) is 0.622. The molecule has 2 N–H and O–H groups in total. The minimum Gasteiger partial charge on any atom is -0.311 e. The highest BCUT2D eigenvalue weighted by Crippen LogP contribution is 2.32. The van der Waals surface area contributed by atoms with E-state index in [0.717, 1.165) is 13.1 Å². The number of nitrogens with one attached hydrogen (secondary N) is 2. The number of hydrogen-bond acceptors (Lipinski definition) is 2. The van der Waals surface area contributed by atoms with E-state index in [1.807, 2.05) is 0 Å². The Morgan fingerprint density at radius 3 is 1.21 bits per heavy atom. The van der Waals surface area contributed by atoms with Gasteiger partial charge in [0.25, 0.3) is 0 Å². The van der Waals surface area contributed by atoms with Crippen LogP contribution in [-0.4, -0.2) is 25.2 Å². The summed E-state index contributed by atoms with van der Waals surface area (Å²) in [6.45, 7) is 16.1. The minimum atomic E-state index is 0.325. The molecule has 1 aliphatic rings. The molecule has 0 radical (unpaired) electrons. The first-order valence-corrected chi connectivity index (χ1v) is 5.70. The fourth-order valence-electron chi connectivity index (χ4n) is 2.30. The van der Waals surface area contributed by atoms with Crippen LogP contribution < -0.4 is 10.6 Å². The maximum atomic E-state index is 3.65.